The van der Waals surface area contributed by atoms with Crippen LogP contribution in [-0.4, -0.2) is 31.9 Å². The van der Waals surface area contributed by atoms with Gasteiger partial charge in [0.2, 0.25) is 0 Å². The van der Waals surface area contributed by atoms with Crippen LogP contribution in [0.3, 0.4) is 0 Å². The first kappa shape index (κ1) is 11.3. The summed E-state index contributed by atoms with van der Waals surface area (Å²) in [5.41, 5.74) is 0. The van der Waals surface area contributed by atoms with E-state index in [1.807, 2.05) is 0 Å². The van der Waals surface area contributed by atoms with Crippen molar-refractivity contribution in [1.82, 2.24) is 0 Å². The van der Waals surface area contributed by atoms with Gasteiger partial charge in [-0.1, -0.05) is 18.1 Å². The maximum absolute atomic E-state index is 9.77. The number of aliphatic hydroxyl groups excluding tert-OH is 1. The van der Waals surface area contributed by atoms with Crippen molar-refractivity contribution in [3.05, 3.63) is 12.2 Å². The SMILES string of the molecule is C[NH+](C)CC#C[C@H](O)[C@H]1CC=CCC1. The molecule has 0 fully saturated rings. The second kappa shape index (κ2) is 5.85. The third kappa shape index (κ3) is 3.95. The molecule has 1 aliphatic rings. The van der Waals surface area contributed by atoms with E-state index in [1.165, 1.54) is 4.90 Å². The van der Waals surface area contributed by atoms with Gasteiger partial charge in [-0.15, -0.1) is 0 Å². The molecule has 2 nitrogen and oxygen atoms in total. The molecule has 1 rings (SSSR count). The quantitative estimate of drug-likeness (QED) is 0.464. The molecule has 0 aliphatic heterocycles. The first-order valence-electron chi connectivity index (χ1n) is 5.30. The zero-order valence-electron chi connectivity index (χ0n) is 9.09. The molecule has 0 aromatic rings. The average Bonchev–Trinajstić information content (AvgIpc) is 2.18. The van der Waals surface area contributed by atoms with E-state index in [0.29, 0.717) is 5.92 Å². The van der Waals surface area contributed by atoms with Crippen molar-refractivity contribution in [3.8, 4) is 11.8 Å². The number of rotatable bonds is 2. The van der Waals surface area contributed by atoms with E-state index >= 15 is 0 Å². The summed E-state index contributed by atoms with van der Waals surface area (Å²) in [4.78, 5) is 1.30. The zero-order chi connectivity index (χ0) is 10.4. The molecular formula is C12H20NO+. The summed E-state index contributed by atoms with van der Waals surface area (Å²) in [5, 5.41) is 9.77. The Morgan fingerprint density at radius 3 is 2.86 bits per heavy atom. The Bertz CT molecular complexity index is 247. The lowest BCUT2D eigenvalue weighted by molar-refractivity contribution is -0.850. The van der Waals surface area contributed by atoms with Gasteiger partial charge in [-0.2, -0.15) is 0 Å². The molecule has 0 amide bonds. The number of quaternary nitrogens is 1. The largest absolute Gasteiger partial charge is 0.380 e. The molecule has 0 unspecified atom stereocenters. The van der Waals surface area contributed by atoms with Gasteiger partial charge in [-0.25, -0.2) is 0 Å². The van der Waals surface area contributed by atoms with Crippen molar-refractivity contribution >= 4 is 0 Å². The van der Waals surface area contributed by atoms with Crippen molar-refractivity contribution in [2.24, 2.45) is 5.92 Å². The van der Waals surface area contributed by atoms with Crippen LogP contribution in [0.1, 0.15) is 19.3 Å². The number of allylic oxidation sites excluding steroid dienone is 2. The third-order valence-corrected chi connectivity index (χ3v) is 2.45. The lowest BCUT2D eigenvalue weighted by Gasteiger charge is -2.19. The van der Waals surface area contributed by atoms with Crippen molar-refractivity contribution in [1.29, 1.82) is 0 Å². The molecule has 0 aromatic heterocycles. The van der Waals surface area contributed by atoms with Crippen molar-refractivity contribution in [2.75, 3.05) is 20.6 Å². The van der Waals surface area contributed by atoms with Crippen LogP contribution in [0.15, 0.2) is 12.2 Å². The molecule has 0 aromatic carbocycles. The summed E-state index contributed by atoms with van der Waals surface area (Å²) < 4.78 is 0. The summed E-state index contributed by atoms with van der Waals surface area (Å²) in [6.07, 6.45) is 7.03. The van der Waals surface area contributed by atoms with Gasteiger partial charge in [-0.3, -0.25) is 0 Å². The maximum atomic E-state index is 9.77. The first-order valence-corrected chi connectivity index (χ1v) is 5.30. The van der Waals surface area contributed by atoms with Crippen LogP contribution < -0.4 is 4.90 Å². The summed E-state index contributed by atoms with van der Waals surface area (Å²) in [7, 11) is 4.12. The monoisotopic (exact) mass is 194 g/mol. The number of hydrogen-bond donors (Lipinski definition) is 2. The predicted molar refractivity (Wildman–Crippen MR) is 57.9 cm³/mol. The van der Waals surface area contributed by atoms with Crippen LogP contribution in [0.25, 0.3) is 0 Å². The van der Waals surface area contributed by atoms with Gasteiger partial charge in [0.1, 0.15) is 12.6 Å². The van der Waals surface area contributed by atoms with E-state index in [9.17, 15) is 5.11 Å². The Balaban J connectivity index is 2.35. The van der Waals surface area contributed by atoms with Gasteiger partial charge >= 0.3 is 0 Å². The Morgan fingerprint density at radius 1 is 1.50 bits per heavy atom. The average molecular weight is 194 g/mol. The highest BCUT2D eigenvalue weighted by Crippen LogP contribution is 2.21. The second-order valence-corrected chi connectivity index (χ2v) is 4.19. The molecule has 2 atom stereocenters. The highest BCUT2D eigenvalue weighted by Gasteiger charge is 2.16. The topological polar surface area (TPSA) is 24.7 Å². The lowest BCUT2D eigenvalue weighted by Crippen LogP contribution is -3.05. The highest BCUT2D eigenvalue weighted by atomic mass is 16.3. The van der Waals surface area contributed by atoms with E-state index in [0.717, 1.165) is 25.8 Å². The molecule has 1 aliphatic carbocycles. The van der Waals surface area contributed by atoms with Crippen LogP contribution in [-0.2, 0) is 0 Å². The minimum atomic E-state index is -0.431. The molecule has 14 heavy (non-hydrogen) atoms. The van der Waals surface area contributed by atoms with E-state index in [4.69, 9.17) is 0 Å². The normalized spacial score (nSPS) is 23.0. The molecule has 0 saturated heterocycles. The Morgan fingerprint density at radius 2 is 2.29 bits per heavy atom. The molecule has 0 spiro atoms. The van der Waals surface area contributed by atoms with Crippen LogP contribution in [0.5, 0.6) is 0 Å². The molecule has 0 heterocycles. The smallest absolute Gasteiger partial charge is 0.139 e. The maximum Gasteiger partial charge on any atom is 0.139 e. The molecule has 2 heteroatoms. The number of aliphatic hydroxyl groups is 1. The predicted octanol–water partition coefficient (Wildman–Crippen LogP) is -0.148. The first-order chi connectivity index (χ1) is 6.70. The minimum Gasteiger partial charge on any atom is -0.380 e. The number of nitrogens with one attached hydrogen (secondary N) is 1. The van der Waals surface area contributed by atoms with Gasteiger partial charge in [0.25, 0.3) is 0 Å². The van der Waals surface area contributed by atoms with Gasteiger partial charge in [0.05, 0.1) is 14.1 Å². The van der Waals surface area contributed by atoms with E-state index < -0.39 is 6.10 Å². The lowest BCUT2D eigenvalue weighted by atomic mass is 9.90. The molecule has 78 valence electrons. The molecule has 2 N–H and O–H groups in total. The molecule has 0 radical (unpaired) electrons. The van der Waals surface area contributed by atoms with Gasteiger partial charge in [-0.05, 0) is 31.1 Å². The van der Waals surface area contributed by atoms with Crippen LogP contribution in [0.2, 0.25) is 0 Å². The van der Waals surface area contributed by atoms with Crippen molar-refractivity contribution in [2.45, 2.75) is 25.4 Å². The van der Waals surface area contributed by atoms with Gasteiger partial charge in [0, 0.05) is 0 Å². The highest BCUT2D eigenvalue weighted by molar-refractivity contribution is 5.08. The van der Waals surface area contributed by atoms with Crippen LogP contribution in [0, 0.1) is 17.8 Å². The third-order valence-electron chi connectivity index (χ3n) is 2.45. The molecular weight excluding hydrogens is 174 g/mol. The van der Waals surface area contributed by atoms with Gasteiger partial charge < -0.3 is 10.0 Å². The van der Waals surface area contributed by atoms with Crippen LogP contribution >= 0.6 is 0 Å². The van der Waals surface area contributed by atoms with E-state index in [-0.39, 0.29) is 0 Å². The van der Waals surface area contributed by atoms with Crippen molar-refractivity contribution < 1.29 is 10.0 Å². The standard InChI is InChI=1S/C12H19NO/c1-13(2)10-6-9-12(14)11-7-4-3-5-8-11/h3-4,11-12,14H,5,7-8,10H2,1-2H3/p+1/t11-,12-/m0/s1. The fraction of sp³-hybridized carbons (Fsp3) is 0.667. The second-order valence-electron chi connectivity index (χ2n) is 4.19. The number of hydrogen-bond acceptors (Lipinski definition) is 1. The molecule has 0 saturated carbocycles. The fourth-order valence-corrected chi connectivity index (χ4v) is 1.55. The van der Waals surface area contributed by atoms with Gasteiger partial charge in [0.15, 0.2) is 0 Å². The fourth-order valence-electron chi connectivity index (χ4n) is 1.55. The Hall–Kier alpha value is -0.780. The van der Waals surface area contributed by atoms with Crippen molar-refractivity contribution in [3.63, 3.8) is 0 Å². The summed E-state index contributed by atoms with van der Waals surface area (Å²) in [5.74, 6) is 6.31. The van der Waals surface area contributed by atoms with E-state index in [1.54, 1.807) is 0 Å². The van der Waals surface area contributed by atoms with Crippen LogP contribution in [0.4, 0.5) is 0 Å². The zero-order valence-corrected chi connectivity index (χ0v) is 9.09. The molecule has 0 bridgehead atoms. The minimum absolute atomic E-state index is 0.352. The summed E-state index contributed by atoms with van der Waals surface area (Å²) in [6, 6.07) is 0. The Kier molecular flexibility index (Phi) is 4.72. The summed E-state index contributed by atoms with van der Waals surface area (Å²) in [6.45, 7) is 0.805. The Labute approximate surface area is 86.6 Å². The van der Waals surface area contributed by atoms with E-state index in [2.05, 4.69) is 38.1 Å². The summed E-state index contributed by atoms with van der Waals surface area (Å²) >= 11 is 0.